The van der Waals surface area contributed by atoms with E-state index in [-0.39, 0.29) is 13.2 Å². The quantitative estimate of drug-likeness (QED) is 0.367. The van der Waals surface area contributed by atoms with Crippen molar-refractivity contribution >= 4 is 17.9 Å². The Morgan fingerprint density at radius 3 is 2.50 bits per heavy atom. The predicted molar refractivity (Wildman–Crippen MR) is 102 cm³/mol. The van der Waals surface area contributed by atoms with Gasteiger partial charge in [-0.1, -0.05) is 43.5 Å². The second-order valence-corrected chi connectivity index (χ2v) is 5.15. The molecule has 0 unspecified atom stereocenters. The fourth-order valence-electron chi connectivity index (χ4n) is 1.98. The van der Waals surface area contributed by atoms with Crippen molar-refractivity contribution in [2.24, 2.45) is 4.99 Å². The van der Waals surface area contributed by atoms with E-state index < -0.39 is 5.97 Å². The highest BCUT2D eigenvalue weighted by Crippen LogP contribution is 2.25. The zero-order valence-corrected chi connectivity index (χ0v) is 14.5. The maximum atomic E-state index is 11.5. The third-order valence-corrected chi connectivity index (χ3v) is 3.17. The molecule has 0 aromatic heterocycles. The Hall–Kier alpha value is -3.34. The fourth-order valence-corrected chi connectivity index (χ4v) is 1.98. The van der Waals surface area contributed by atoms with E-state index in [0.717, 1.165) is 11.3 Å². The zero-order valence-electron chi connectivity index (χ0n) is 14.5. The van der Waals surface area contributed by atoms with Gasteiger partial charge >= 0.3 is 5.97 Å². The summed E-state index contributed by atoms with van der Waals surface area (Å²) < 4.78 is 16.0. The van der Waals surface area contributed by atoms with Crippen molar-refractivity contribution in [3.63, 3.8) is 0 Å². The fraction of sp³-hybridized carbons (Fsp3) is 0.143. The summed E-state index contributed by atoms with van der Waals surface area (Å²) in [5.74, 6) is 0.617. The third-order valence-electron chi connectivity index (χ3n) is 3.17. The Labute approximate surface area is 153 Å². The Bertz CT molecular complexity index is 769. The molecule has 0 aliphatic heterocycles. The van der Waals surface area contributed by atoms with E-state index in [0.29, 0.717) is 18.1 Å². The van der Waals surface area contributed by atoms with Crippen LogP contribution in [0.2, 0.25) is 0 Å². The number of rotatable bonds is 10. The monoisotopic (exact) mass is 351 g/mol. The molecular weight excluding hydrogens is 330 g/mol. The first-order valence-electron chi connectivity index (χ1n) is 8.09. The second kappa shape index (κ2) is 10.5. The van der Waals surface area contributed by atoms with Crippen molar-refractivity contribution in [3.8, 4) is 11.5 Å². The average Bonchev–Trinajstić information content (AvgIpc) is 2.68. The summed E-state index contributed by atoms with van der Waals surface area (Å²) in [4.78, 5) is 15.9. The molecule has 0 atom stereocenters. The van der Waals surface area contributed by atoms with Crippen molar-refractivity contribution < 1.29 is 19.0 Å². The van der Waals surface area contributed by atoms with Crippen LogP contribution in [0.15, 0.2) is 78.8 Å². The smallest absolute Gasteiger partial charge is 0.344 e. The highest BCUT2D eigenvalue weighted by molar-refractivity contribution is 5.85. The summed E-state index contributed by atoms with van der Waals surface area (Å²) in [5.41, 5.74) is 1.63. The number of para-hydroxylation sites is 1. The number of ether oxygens (including phenoxy) is 3. The molecule has 0 aliphatic carbocycles. The minimum absolute atomic E-state index is 0.158. The van der Waals surface area contributed by atoms with E-state index in [9.17, 15) is 4.79 Å². The predicted octanol–water partition coefficient (Wildman–Crippen LogP) is 4.11. The third kappa shape index (κ3) is 6.28. The van der Waals surface area contributed by atoms with Crippen LogP contribution in [0.5, 0.6) is 11.5 Å². The summed E-state index contributed by atoms with van der Waals surface area (Å²) >= 11 is 0. The Morgan fingerprint density at radius 2 is 1.77 bits per heavy atom. The van der Waals surface area contributed by atoms with Gasteiger partial charge in [-0.2, -0.15) is 0 Å². The van der Waals surface area contributed by atoms with Gasteiger partial charge in [-0.15, -0.1) is 0 Å². The van der Waals surface area contributed by atoms with Crippen LogP contribution in [0.1, 0.15) is 5.56 Å². The van der Waals surface area contributed by atoms with E-state index in [1.807, 2.05) is 36.4 Å². The molecule has 26 heavy (non-hydrogen) atoms. The average molecular weight is 351 g/mol. The Kier molecular flexibility index (Phi) is 7.68. The molecule has 0 N–H and O–H groups in total. The number of hydrogen-bond acceptors (Lipinski definition) is 5. The van der Waals surface area contributed by atoms with E-state index in [1.165, 1.54) is 6.08 Å². The van der Waals surface area contributed by atoms with Gasteiger partial charge in [-0.05, 0) is 24.3 Å². The number of benzene rings is 2. The van der Waals surface area contributed by atoms with Gasteiger partial charge in [0.15, 0.2) is 6.61 Å². The Balaban J connectivity index is 2.10. The molecule has 134 valence electrons. The topological polar surface area (TPSA) is 57.1 Å². The van der Waals surface area contributed by atoms with Crippen LogP contribution in [0.3, 0.4) is 0 Å². The van der Waals surface area contributed by atoms with Crippen molar-refractivity contribution in [1.82, 2.24) is 0 Å². The molecule has 0 aliphatic rings. The van der Waals surface area contributed by atoms with Crippen LogP contribution in [-0.4, -0.2) is 32.0 Å². The lowest BCUT2D eigenvalue weighted by Gasteiger charge is -2.11. The maximum absolute atomic E-state index is 11.5. The molecule has 0 heterocycles. The van der Waals surface area contributed by atoms with Crippen LogP contribution >= 0.6 is 0 Å². The molecule has 2 aromatic carbocycles. The van der Waals surface area contributed by atoms with Crippen LogP contribution in [0.25, 0.3) is 0 Å². The molecule has 0 bridgehead atoms. The van der Waals surface area contributed by atoms with Crippen molar-refractivity contribution in [1.29, 1.82) is 0 Å². The molecular formula is C21H21NO4. The Morgan fingerprint density at radius 1 is 1.00 bits per heavy atom. The van der Waals surface area contributed by atoms with E-state index in [1.54, 1.807) is 24.4 Å². The number of hydrogen-bond donors (Lipinski definition) is 0. The lowest BCUT2D eigenvalue weighted by molar-refractivity contribution is -0.144. The van der Waals surface area contributed by atoms with Gasteiger partial charge < -0.3 is 14.2 Å². The van der Waals surface area contributed by atoms with Crippen LogP contribution in [0, 0.1) is 0 Å². The first kappa shape index (κ1) is 19.0. The molecule has 2 aromatic rings. The maximum Gasteiger partial charge on any atom is 0.344 e. The number of carbonyl (C=O) groups is 1. The molecule has 0 saturated carbocycles. The van der Waals surface area contributed by atoms with Crippen molar-refractivity contribution in [2.45, 2.75) is 0 Å². The molecule has 2 rings (SSSR count). The minimum atomic E-state index is -0.465. The lowest BCUT2D eigenvalue weighted by Crippen LogP contribution is -2.14. The van der Waals surface area contributed by atoms with Gasteiger partial charge in [0.1, 0.15) is 24.7 Å². The molecule has 5 nitrogen and oxygen atoms in total. The molecule has 0 radical (unpaired) electrons. The summed E-state index contributed by atoms with van der Waals surface area (Å²) in [7, 11) is 0. The lowest BCUT2D eigenvalue weighted by atomic mass is 10.2. The number of esters is 1. The van der Waals surface area contributed by atoms with Crippen molar-refractivity contribution in [2.75, 3.05) is 19.8 Å². The first-order chi connectivity index (χ1) is 12.7. The highest BCUT2D eigenvalue weighted by atomic mass is 16.6. The number of aliphatic imine (C=N–C) groups is 1. The normalized spacial score (nSPS) is 10.3. The summed E-state index contributed by atoms with van der Waals surface area (Å²) in [5, 5.41) is 0. The molecule has 0 amide bonds. The van der Waals surface area contributed by atoms with Gasteiger partial charge in [-0.25, -0.2) is 4.79 Å². The number of carbonyl (C=O) groups excluding carboxylic acids is 1. The minimum Gasteiger partial charge on any atom is -0.489 e. The van der Waals surface area contributed by atoms with Crippen LogP contribution in [-0.2, 0) is 9.53 Å². The molecule has 0 spiro atoms. The summed E-state index contributed by atoms with van der Waals surface area (Å²) in [6.45, 7) is 7.45. The van der Waals surface area contributed by atoms with E-state index in [4.69, 9.17) is 14.2 Å². The SMILES string of the molecule is C=CCOC(=O)COc1ccc(/C=N/c2ccccc2)c(OCC=C)c1. The van der Waals surface area contributed by atoms with Gasteiger partial charge in [0.25, 0.3) is 0 Å². The van der Waals surface area contributed by atoms with Crippen LogP contribution < -0.4 is 9.47 Å². The first-order valence-corrected chi connectivity index (χ1v) is 8.09. The standard InChI is InChI=1S/C21H21NO4/c1-3-12-24-20-14-19(26-16-21(23)25-13-4-2)11-10-17(20)15-22-18-8-6-5-7-9-18/h3-11,14-15H,1-2,12-13,16H2/b22-15+. The van der Waals surface area contributed by atoms with Gasteiger partial charge in [0.2, 0.25) is 0 Å². The summed E-state index contributed by atoms with van der Waals surface area (Å²) in [6.07, 6.45) is 4.87. The molecule has 5 heteroatoms. The van der Waals surface area contributed by atoms with Gasteiger partial charge in [0, 0.05) is 17.8 Å². The molecule has 0 fully saturated rings. The molecule has 0 saturated heterocycles. The van der Waals surface area contributed by atoms with Crippen LogP contribution in [0.4, 0.5) is 5.69 Å². The van der Waals surface area contributed by atoms with E-state index in [2.05, 4.69) is 18.2 Å². The number of nitrogens with zero attached hydrogens (tertiary/aromatic N) is 1. The van der Waals surface area contributed by atoms with Gasteiger partial charge in [0.05, 0.1) is 5.69 Å². The van der Waals surface area contributed by atoms with E-state index >= 15 is 0 Å². The second-order valence-electron chi connectivity index (χ2n) is 5.15. The summed E-state index contributed by atoms with van der Waals surface area (Å²) in [6, 6.07) is 14.9. The highest BCUT2D eigenvalue weighted by Gasteiger charge is 2.07. The van der Waals surface area contributed by atoms with Gasteiger partial charge in [-0.3, -0.25) is 4.99 Å². The van der Waals surface area contributed by atoms with Crippen molar-refractivity contribution in [3.05, 3.63) is 79.4 Å². The largest absolute Gasteiger partial charge is 0.489 e. The zero-order chi connectivity index (χ0) is 18.6.